The Bertz CT molecular complexity index is 342. The summed E-state index contributed by atoms with van der Waals surface area (Å²) in [5, 5.41) is 9.91. The van der Waals surface area contributed by atoms with Crippen molar-refractivity contribution in [2.24, 2.45) is 10.8 Å². The van der Waals surface area contributed by atoms with Crippen molar-refractivity contribution >= 4 is 11.8 Å². The van der Waals surface area contributed by atoms with E-state index in [0.29, 0.717) is 19.8 Å². The predicted molar refractivity (Wildman–Crippen MR) is 99.3 cm³/mol. The molecular formula is C18H38O4S. The van der Waals surface area contributed by atoms with Crippen molar-refractivity contribution in [2.45, 2.75) is 59.7 Å². The largest absolute Gasteiger partial charge is 0.393 e. The molecule has 0 radical (unpaired) electrons. The van der Waals surface area contributed by atoms with Gasteiger partial charge in [0, 0.05) is 18.3 Å². The summed E-state index contributed by atoms with van der Waals surface area (Å²) in [5.41, 5.74) is -1.24. The zero-order chi connectivity index (χ0) is 18.4. The number of aliphatic hydroxyl groups is 1. The van der Waals surface area contributed by atoms with Gasteiger partial charge in [-0.05, 0) is 32.4 Å². The fourth-order valence-electron chi connectivity index (χ4n) is 2.01. The van der Waals surface area contributed by atoms with E-state index < -0.39 is 5.60 Å². The molecule has 0 unspecified atom stereocenters. The van der Waals surface area contributed by atoms with Crippen LogP contribution in [-0.4, -0.2) is 61.9 Å². The third kappa shape index (κ3) is 7.74. The molecule has 0 fully saturated rings. The fraction of sp³-hybridized carbons (Fsp3) is 1.00. The van der Waals surface area contributed by atoms with Crippen molar-refractivity contribution in [3.63, 3.8) is 0 Å². The lowest BCUT2D eigenvalue weighted by atomic mass is 9.76. The molecule has 1 N–H and O–H groups in total. The summed E-state index contributed by atoms with van der Waals surface area (Å²) in [5.74, 6) is 1.06. The molecule has 0 aromatic rings. The van der Waals surface area contributed by atoms with Gasteiger partial charge in [-0.1, -0.05) is 27.7 Å². The standard InChI is InChI=1S/C18H38O4S/c1-15(2,14-23-9)11-21-12-16(3,4)18(7,10-19)22-13-17(5,6)20-8/h19H,10-14H2,1-9H3/t18-/m0/s1. The Labute approximate surface area is 147 Å². The first-order chi connectivity index (χ1) is 10.3. The highest BCUT2D eigenvalue weighted by atomic mass is 32.2. The Kier molecular flexibility index (Phi) is 9.12. The van der Waals surface area contributed by atoms with Crippen LogP contribution in [0.5, 0.6) is 0 Å². The van der Waals surface area contributed by atoms with Gasteiger partial charge in [-0.2, -0.15) is 11.8 Å². The van der Waals surface area contributed by atoms with E-state index in [0.717, 1.165) is 5.75 Å². The number of hydrogen-bond donors (Lipinski definition) is 1. The molecule has 23 heavy (non-hydrogen) atoms. The smallest absolute Gasteiger partial charge is 0.0958 e. The monoisotopic (exact) mass is 350 g/mol. The Morgan fingerprint density at radius 2 is 1.48 bits per heavy atom. The van der Waals surface area contributed by atoms with Crippen LogP contribution in [0.4, 0.5) is 0 Å². The minimum atomic E-state index is -0.688. The molecule has 0 heterocycles. The summed E-state index contributed by atoms with van der Waals surface area (Å²) in [7, 11) is 1.67. The minimum Gasteiger partial charge on any atom is -0.393 e. The van der Waals surface area contributed by atoms with Crippen LogP contribution in [0, 0.1) is 10.8 Å². The average molecular weight is 351 g/mol. The zero-order valence-electron chi connectivity index (χ0n) is 16.6. The first kappa shape index (κ1) is 23.2. The van der Waals surface area contributed by atoms with Crippen LogP contribution >= 0.6 is 11.8 Å². The van der Waals surface area contributed by atoms with E-state index in [-0.39, 0.29) is 23.0 Å². The molecule has 1 atom stereocenters. The third-order valence-corrected chi connectivity index (χ3v) is 5.59. The molecule has 0 aliphatic carbocycles. The second kappa shape index (κ2) is 9.04. The van der Waals surface area contributed by atoms with E-state index >= 15 is 0 Å². The molecule has 0 saturated carbocycles. The van der Waals surface area contributed by atoms with Crippen LogP contribution in [0.1, 0.15) is 48.5 Å². The summed E-state index contributed by atoms with van der Waals surface area (Å²) < 4.78 is 17.5. The summed E-state index contributed by atoms with van der Waals surface area (Å²) in [6.07, 6.45) is 2.11. The second-order valence-electron chi connectivity index (χ2n) is 8.62. The topological polar surface area (TPSA) is 47.9 Å². The van der Waals surface area contributed by atoms with Gasteiger partial charge in [0.1, 0.15) is 0 Å². The van der Waals surface area contributed by atoms with Crippen molar-refractivity contribution in [2.75, 3.05) is 45.5 Å². The highest BCUT2D eigenvalue weighted by Crippen LogP contribution is 2.35. The van der Waals surface area contributed by atoms with Gasteiger partial charge in [-0.3, -0.25) is 0 Å². The minimum absolute atomic E-state index is 0.0582. The third-order valence-electron chi connectivity index (χ3n) is 4.52. The molecular weight excluding hydrogens is 312 g/mol. The maximum atomic E-state index is 9.91. The summed E-state index contributed by atoms with van der Waals surface area (Å²) in [4.78, 5) is 0. The van der Waals surface area contributed by atoms with Gasteiger partial charge in [-0.25, -0.2) is 0 Å². The maximum Gasteiger partial charge on any atom is 0.0958 e. The van der Waals surface area contributed by atoms with E-state index in [4.69, 9.17) is 14.2 Å². The molecule has 0 rings (SSSR count). The Balaban J connectivity index is 4.72. The Hall–Kier alpha value is 0.190. The lowest BCUT2D eigenvalue weighted by Gasteiger charge is -2.44. The van der Waals surface area contributed by atoms with Crippen LogP contribution in [0.2, 0.25) is 0 Å². The summed E-state index contributed by atoms with van der Waals surface area (Å²) >= 11 is 1.83. The molecule has 0 amide bonds. The lowest BCUT2D eigenvalue weighted by molar-refractivity contribution is -0.189. The summed E-state index contributed by atoms with van der Waals surface area (Å²) in [6.45, 7) is 16.0. The normalized spacial score (nSPS) is 16.4. The van der Waals surface area contributed by atoms with Gasteiger partial charge < -0.3 is 19.3 Å². The van der Waals surface area contributed by atoms with E-state index in [1.165, 1.54) is 0 Å². The predicted octanol–water partition coefficient (Wildman–Crippen LogP) is 3.61. The summed E-state index contributed by atoms with van der Waals surface area (Å²) in [6, 6.07) is 0. The maximum absolute atomic E-state index is 9.91. The van der Waals surface area contributed by atoms with Gasteiger partial charge in [-0.15, -0.1) is 0 Å². The van der Waals surface area contributed by atoms with Crippen molar-refractivity contribution in [3.05, 3.63) is 0 Å². The highest BCUT2D eigenvalue weighted by molar-refractivity contribution is 7.98. The van der Waals surface area contributed by atoms with Gasteiger partial charge in [0.05, 0.1) is 37.6 Å². The quantitative estimate of drug-likeness (QED) is 0.583. The van der Waals surface area contributed by atoms with Gasteiger partial charge in [0.25, 0.3) is 0 Å². The number of thioether (sulfide) groups is 1. The molecule has 0 spiro atoms. The van der Waals surface area contributed by atoms with Crippen molar-refractivity contribution < 1.29 is 19.3 Å². The molecule has 0 aromatic carbocycles. The van der Waals surface area contributed by atoms with Crippen LogP contribution in [0.3, 0.4) is 0 Å². The van der Waals surface area contributed by atoms with Crippen LogP contribution in [0.25, 0.3) is 0 Å². The number of methoxy groups -OCH3 is 1. The number of ether oxygens (including phenoxy) is 3. The number of aliphatic hydroxyl groups excluding tert-OH is 1. The van der Waals surface area contributed by atoms with Crippen LogP contribution < -0.4 is 0 Å². The van der Waals surface area contributed by atoms with E-state index in [1.807, 2.05) is 32.5 Å². The molecule has 0 aliphatic rings. The lowest BCUT2D eigenvalue weighted by Crippen LogP contribution is -2.52. The van der Waals surface area contributed by atoms with Crippen LogP contribution in [-0.2, 0) is 14.2 Å². The second-order valence-corrected chi connectivity index (χ2v) is 9.48. The van der Waals surface area contributed by atoms with Crippen molar-refractivity contribution in [1.29, 1.82) is 0 Å². The van der Waals surface area contributed by atoms with Crippen molar-refractivity contribution in [3.8, 4) is 0 Å². The first-order valence-electron chi connectivity index (χ1n) is 8.21. The van der Waals surface area contributed by atoms with Gasteiger partial charge in [0.15, 0.2) is 0 Å². The van der Waals surface area contributed by atoms with Crippen molar-refractivity contribution in [1.82, 2.24) is 0 Å². The Morgan fingerprint density at radius 3 is 1.91 bits per heavy atom. The SMILES string of the molecule is COC(C)(C)CO[C@@](C)(CO)C(C)(C)COCC(C)(C)CSC. The van der Waals surface area contributed by atoms with Gasteiger partial charge in [0.2, 0.25) is 0 Å². The van der Waals surface area contributed by atoms with Gasteiger partial charge >= 0.3 is 0 Å². The molecule has 0 aromatic heterocycles. The molecule has 140 valence electrons. The number of rotatable bonds is 12. The van der Waals surface area contributed by atoms with E-state index in [2.05, 4.69) is 34.0 Å². The molecule has 0 aliphatic heterocycles. The molecule has 5 heteroatoms. The van der Waals surface area contributed by atoms with Crippen LogP contribution in [0.15, 0.2) is 0 Å². The highest BCUT2D eigenvalue weighted by Gasteiger charge is 2.43. The van der Waals surface area contributed by atoms with E-state index in [9.17, 15) is 5.11 Å². The van der Waals surface area contributed by atoms with E-state index in [1.54, 1.807) is 7.11 Å². The zero-order valence-corrected chi connectivity index (χ0v) is 17.4. The molecule has 0 bridgehead atoms. The fourth-order valence-corrected chi connectivity index (χ4v) is 2.88. The molecule has 4 nitrogen and oxygen atoms in total. The first-order valence-corrected chi connectivity index (χ1v) is 9.61. The Morgan fingerprint density at radius 1 is 0.913 bits per heavy atom. The molecule has 0 saturated heterocycles. The number of hydrogen-bond acceptors (Lipinski definition) is 5. The average Bonchev–Trinajstić information content (AvgIpc) is 2.44.